The molecule has 3 aromatic carbocycles. The van der Waals surface area contributed by atoms with E-state index in [0.29, 0.717) is 18.7 Å². The molecule has 0 saturated carbocycles. The summed E-state index contributed by atoms with van der Waals surface area (Å²) < 4.78 is 0. The number of nitrogens with zero attached hydrogens (tertiary/aromatic N) is 1. The van der Waals surface area contributed by atoms with Gasteiger partial charge in [-0.3, -0.25) is 24.6 Å². The second-order valence-corrected chi connectivity index (χ2v) is 9.96. The highest BCUT2D eigenvalue weighted by atomic mass is 16.4. The number of likely N-dealkylation sites (tertiary alicyclic amines) is 1. The molecular weight excluding hydrogens is 494 g/mol. The van der Waals surface area contributed by atoms with Gasteiger partial charge in [-0.1, -0.05) is 97.1 Å². The van der Waals surface area contributed by atoms with Crippen LogP contribution in [-0.2, 0) is 20.9 Å². The van der Waals surface area contributed by atoms with Gasteiger partial charge in [0.25, 0.3) is 0 Å². The highest BCUT2D eigenvalue weighted by molar-refractivity contribution is 6.09. The van der Waals surface area contributed by atoms with Crippen molar-refractivity contribution in [3.63, 3.8) is 0 Å². The molecule has 2 heterocycles. The summed E-state index contributed by atoms with van der Waals surface area (Å²) in [5.41, 5.74) is 1.81. The highest BCUT2D eigenvalue weighted by Crippen LogP contribution is 2.48. The maximum absolute atomic E-state index is 13.5. The molecule has 2 aliphatic heterocycles. The van der Waals surface area contributed by atoms with Crippen molar-refractivity contribution in [3.05, 3.63) is 107 Å². The molecule has 3 aromatic rings. The number of carboxylic acids is 1. The van der Waals surface area contributed by atoms with Crippen LogP contribution in [0.3, 0.4) is 0 Å². The first kappa shape index (κ1) is 26.5. The maximum atomic E-state index is 13.5. The lowest BCUT2D eigenvalue weighted by molar-refractivity contribution is -0.153. The number of aliphatic hydroxyl groups excluding tert-OH is 1. The SMILES string of the molecule is O=C1C2C(c3ccc(/C=C/c4ccccc4)cc3)NC(CO)(C(=O)O)C2C(=O)N1CCNCc1ccccc1. The zero-order chi connectivity index (χ0) is 27.4. The van der Waals surface area contributed by atoms with Crippen molar-refractivity contribution in [3.8, 4) is 0 Å². The fraction of sp³-hybridized carbons (Fsp3) is 0.258. The minimum atomic E-state index is -1.94. The minimum Gasteiger partial charge on any atom is -0.480 e. The first-order valence-corrected chi connectivity index (χ1v) is 13.0. The van der Waals surface area contributed by atoms with Gasteiger partial charge in [0.15, 0.2) is 5.54 Å². The van der Waals surface area contributed by atoms with E-state index >= 15 is 0 Å². The molecule has 2 amide bonds. The summed E-state index contributed by atoms with van der Waals surface area (Å²) in [5.74, 6) is -4.48. The molecule has 0 bridgehead atoms. The fourth-order valence-corrected chi connectivity index (χ4v) is 5.57. The summed E-state index contributed by atoms with van der Waals surface area (Å²) in [7, 11) is 0. The van der Waals surface area contributed by atoms with Gasteiger partial charge in [-0.2, -0.15) is 0 Å². The predicted molar refractivity (Wildman–Crippen MR) is 147 cm³/mol. The first-order valence-electron chi connectivity index (χ1n) is 13.0. The fourth-order valence-electron chi connectivity index (χ4n) is 5.57. The largest absolute Gasteiger partial charge is 0.480 e. The normalized spacial score (nSPS) is 24.4. The number of nitrogens with one attached hydrogen (secondary N) is 2. The average molecular weight is 526 g/mol. The number of imide groups is 1. The molecular formula is C31H31N3O5. The molecule has 2 aliphatic rings. The summed E-state index contributed by atoms with van der Waals surface area (Å²) in [5, 5.41) is 26.5. The summed E-state index contributed by atoms with van der Waals surface area (Å²) in [6.45, 7) is 0.256. The van der Waals surface area contributed by atoms with Crippen molar-refractivity contribution in [2.24, 2.45) is 11.8 Å². The van der Waals surface area contributed by atoms with Gasteiger partial charge in [-0.15, -0.1) is 0 Å². The van der Waals surface area contributed by atoms with E-state index in [-0.39, 0.29) is 6.54 Å². The van der Waals surface area contributed by atoms with E-state index in [1.807, 2.05) is 97.1 Å². The zero-order valence-corrected chi connectivity index (χ0v) is 21.4. The average Bonchev–Trinajstić information content (AvgIpc) is 3.45. The van der Waals surface area contributed by atoms with Gasteiger partial charge in [0.05, 0.1) is 18.4 Å². The Morgan fingerprint density at radius 1 is 0.897 bits per heavy atom. The number of fused-ring (bicyclic) bond motifs is 1. The van der Waals surface area contributed by atoms with Crippen molar-refractivity contribution in [2.75, 3.05) is 19.7 Å². The lowest BCUT2D eigenvalue weighted by Crippen LogP contribution is -2.58. The summed E-state index contributed by atoms with van der Waals surface area (Å²) in [6, 6.07) is 26.3. The number of aliphatic carboxylic acids is 1. The zero-order valence-electron chi connectivity index (χ0n) is 21.4. The van der Waals surface area contributed by atoms with Crippen molar-refractivity contribution >= 4 is 29.9 Å². The van der Waals surface area contributed by atoms with E-state index in [2.05, 4.69) is 10.6 Å². The second kappa shape index (κ2) is 11.3. The number of hydrogen-bond acceptors (Lipinski definition) is 6. The number of rotatable bonds is 10. The van der Waals surface area contributed by atoms with Crippen LogP contribution in [0.25, 0.3) is 12.2 Å². The van der Waals surface area contributed by atoms with Gasteiger partial charge in [0.1, 0.15) is 0 Å². The third-order valence-electron chi connectivity index (χ3n) is 7.62. The van der Waals surface area contributed by atoms with E-state index in [1.165, 1.54) is 0 Å². The quantitative estimate of drug-likeness (QED) is 0.183. The number of carbonyl (C=O) groups excluding carboxylic acids is 2. The lowest BCUT2D eigenvalue weighted by Gasteiger charge is -2.29. The van der Waals surface area contributed by atoms with E-state index in [1.54, 1.807) is 0 Å². The number of carboxylic acid groups (broad SMARTS) is 1. The number of amides is 2. The lowest BCUT2D eigenvalue weighted by atomic mass is 9.79. The molecule has 5 rings (SSSR count). The third kappa shape index (κ3) is 5.14. The highest BCUT2D eigenvalue weighted by Gasteiger charge is 2.68. The third-order valence-corrected chi connectivity index (χ3v) is 7.62. The minimum absolute atomic E-state index is 0.120. The number of hydrogen-bond donors (Lipinski definition) is 4. The van der Waals surface area contributed by atoms with Crippen molar-refractivity contribution in [2.45, 2.75) is 18.1 Å². The Morgan fingerprint density at radius 3 is 2.13 bits per heavy atom. The van der Waals surface area contributed by atoms with Crippen LogP contribution in [0.2, 0.25) is 0 Å². The molecule has 4 atom stereocenters. The molecule has 2 saturated heterocycles. The Morgan fingerprint density at radius 2 is 1.51 bits per heavy atom. The molecule has 0 radical (unpaired) electrons. The molecule has 8 nitrogen and oxygen atoms in total. The Labute approximate surface area is 227 Å². The molecule has 0 aromatic heterocycles. The van der Waals surface area contributed by atoms with Crippen LogP contribution in [0.4, 0.5) is 0 Å². The van der Waals surface area contributed by atoms with E-state index in [4.69, 9.17) is 0 Å². The van der Waals surface area contributed by atoms with Crippen LogP contribution in [0.5, 0.6) is 0 Å². The van der Waals surface area contributed by atoms with Gasteiger partial charge in [0, 0.05) is 25.7 Å². The van der Waals surface area contributed by atoms with E-state index in [0.717, 1.165) is 21.6 Å². The molecule has 4 unspecified atom stereocenters. The Kier molecular flexibility index (Phi) is 7.70. The Balaban J connectivity index is 1.34. The molecule has 200 valence electrons. The van der Waals surface area contributed by atoms with Crippen LogP contribution in [0.15, 0.2) is 84.9 Å². The topological polar surface area (TPSA) is 119 Å². The molecule has 39 heavy (non-hydrogen) atoms. The molecule has 4 N–H and O–H groups in total. The molecule has 0 spiro atoms. The van der Waals surface area contributed by atoms with Gasteiger partial charge < -0.3 is 15.5 Å². The molecule has 0 aliphatic carbocycles. The van der Waals surface area contributed by atoms with E-state index < -0.39 is 47.8 Å². The number of benzene rings is 3. The van der Waals surface area contributed by atoms with Gasteiger partial charge in [-0.25, -0.2) is 0 Å². The molecule has 8 heteroatoms. The summed E-state index contributed by atoms with van der Waals surface area (Å²) in [6.07, 6.45) is 3.95. The first-order chi connectivity index (χ1) is 18.9. The van der Waals surface area contributed by atoms with Crippen molar-refractivity contribution in [1.82, 2.24) is 15.5 Å². The standard InChI is InChI=1S/C31H31N3O5/c35-20-31(30(38)39)26-25(28(36)34(29(26)37)18-17-32-19-23-9-5-2-6-10-23)27(33-31)24-15-13-22(14-16-24)12-11-21-7-3-1-4-8-21/h1-16,25-27,32-33,35H,17-20H2,(H,38,39)/b12-11+. The van der Waals surface area contributed by atoms with Gasteiger partial charge >= 0.3 is 5.97 Å². The number of carbonyl (C=O) groups is 3. The molecule has 2 fully saturated rings. The van der Waals surface area contributed by atoms with Crippen molar-refractivity contribution < 1.29 is 24.6 Å². The predicted octanol–water partition coefficient (Wildman–Crippen LogP) is 2.71. The van der Waals surface area contributed by atoms with Crippen LogP contribution in [0, 0.1) is 11.8 Å². The Hall–Kier alpha value is -4.11. The van der Waals surface area contributed by atoms with E-state index in [9.17, 15) is 24.6 Å². The smallest absolute Gasteiger partial charge is 0.327 e. The summed E-state index contributed by atoms with van der Waals surface area (Å²) in [4.78, 5) is 40.5. The maximum Gasteiger partial charge on any atom is 0.327 e. The summed E-state index contributed by atoms with van der Waals surface area (Å²) >= 11 is 0. The second-order valence-electron chi connectivity index (χ2n) is 9.96. The van der Waals surface area contributed by atoms with Crippen LogP contribution >= 0.6 is 0 Å². The number of aliphatic hydroxyl groups is 1. The monoisotopic (exact) mass is 525 g/mol. The van der Waals surface area contributed by atoms with Crippen LogP contribution in [-0.4, -0.2) is 58.1 Å². The Bertz CT molecular complexity index is 1360. The van der Waals surface area contributed by atoms with Gasteiger partial charge in [-0.05, 0) is 22.3 Å². The van der Waals surface area contributed by atoms with Crippen LogP contribution in [0.1, 0.15) is 28.3 Å². The van der Waals surface area contributed by atoms with Crippen LogP contribution < -0.4 is 10.6 Å². The van der Waals surface area contributed by atoms with Gasteiger partial charge in [0.2, 0.25) is 11.8 Å². The van der Waals surface area contributed by atoms with Crippen molar-refractivity contribution in [1.29, 1.82) is 0 Å².